The van der Waals surface area contributed by atoms with Crippen molar-refractivity contribution in [3.63, 3.8) is 0 Å². The van der Waals surface area contributed by atoms with Gasteiger partial charge in [-0.15, -0.1) is 0 Å². The van der Waals surface area contributed by atoms with E-state index in [1.165, 1.54) is 0 Å². The van der Waals surface area contributed by atoms with Gasteiger partial charge in [-0.25, -0.2) is 0 Å². The van der Waals surface area contributed by atoms with Crippen LogP contribution in [0.3, 0.4) is 0 Å². The number of rotatable bonds is 7. The third kappa shape index (κ3) is 5.06. The lowest BCUT2D eigenvalue weighted by Gasteiger charge is -2.43. The average Bonchev–Trinajstić information content (AvgIpc) is 2.83. The highest BCUT2D eigenvalue weighted by Crippen LogP contribution is 2.42. The van der Waals surface area contributed by atoms with Gasteiger partial charge in [-0.05, 0) is 66.4 Å². The number of methoxy groups -OCH3 is 1. The monoisotopic (exact) mass is 434 g/mol. The summed E-state index contributed by atoms with van der Waals surface area (Å²) in [5, 5.41) is 15.9. The zero-order valence-corrected chi connectivity index (χ0v) is 18.8. The number of nitrogens with one attached hydrogen (secondary N) is 1. The zero-order valence-electron chi connectivity index (χ0n) is 18.0. The van der Waals surface area contributed by atoms with Crippen LogP contribution in [-0.4, -0.2) is 35.3 Å². The summed E-state index contributed by atoms with van der Waals surface area (Å²) >= 11 is 5.64. The molecule has 1 unspecified atom stereocenters. The van der Waals surface area contributed by atoms with Crippen molar-refractivity contribution < 1.29 is 9.84 Å². The summed E-state index contributed by atoms with van der Waals surface area (Å²) in [6.45, 7) is 9.28. The van der Waals surface area contributed by atoms with Crippen molar-refractivity contribution in [2.75, 3.05) is 25.5 Å². The maximum absolute atomic E-state index is 11.9. The van der Waals surface area contributed by atoms with E-state index in [0.29, 0.717) is 5.11 Å². The second-order valence-electron chi connectivity index (χ2n) is 7.61. The van der Waals surface area contributed by atoms with E-state index < -0.39 is 5.60 Å². The molecule has 1 heterocycles. The van der Waals surface area contributed by atoms with E-state index in [-0.39, 0.29) is 5.92 Å². The van der Waals surface area contributed by atoms with Crippen LogP contribution in [0.25, 0.3) is 0 Å². The van der Waals surface area contributed by atoms with Crippen molar-refractivity contribution >= 4 is 23.0 Å². The van der Waals surface area contributed by atoms with Gasteiger partial charge >= 0.3 is 0 Å². The molecule has 0 aromatic heterocycles. The number of hydrogen-bond donors (Lipinski definition) is 2. The molecule has 1 fully saturated rings. The lowest BCUT2D eigenvalue weighted by Crippen LogP contribution is -2.47. The van der Waals surface area contributed by atoms with E-state index in [1.54, 1.807) is 19.3 Å². The van der Waals surface area contributed by atoms with Crippen LogP contribution in [0.15, 0.2) is 91.6 Å². The van der Waals surface area contributed by atoms with Crippen LogP contribution in [0, 0.1) is 5.92 Å². The van der Waals surface area contributed by atoms with Crippen LogP contribution in [0.1, 0.15) is 18.4 Å². The first-order valence-corrected chi connectivity index (χ1v) is 10.9. The van der Waals surface area contributed by atoms with Crippen LogP contribution in [0.2, 0.25) is 0 Å². The van der Waals surface area contributed by atoms with Crippen LogP contribution in [-0.2, 0) is 5.60 Å². The summed E-state index contributed by atoms with van der Waals surface area (Å²) in [6.07, 6.45) is 6.89. The van der Waals surface area contributed by atoms with Gasteiger partial charge in [0.2, 0.25) is 0 Å². The number of thiocarbonyl (C=S) groups is 1. The Labute approximate surface area is 190 Å². The number of aliphatic hydroxyl groups is 1. The SMILES string of the molecule is C=C/C=C(\C=C)C(O)(c1ccccc1)C1CCN(C(=S)Nc2ccc(OC)cc2)CC1. The molecule has 0 radical (unpaired) electrons. The number of piperidine rings is 1. The smallest absolute Gasteiger partial charge is 0.173 e. The maximum Gasteiger partial charge on any atom is 0.173 e. The summed E-state index contributed by atoms with van der Waals surface area (Å²) in [5.74, 6) is 0.849. The number of benzene rings is 2. The van der Waals surface area contributed by atoms with Crippen molar-refractivity contribution in [3.05, 3.63) is 97.1 Å². The van der Waals surface area contributed by atoms with Crippen LogP contribution in [0.4, 0.5) is 5.69 Å². The number of ether oxygens (including phenoxy) is 1. The van der Waals surface area contributed by atoms with E-state index in [9.17, 15) is 5.11 Å². The molecular weight excluding hydrogens is 404 g/mol. The normalized spacial score (nSPS) is 16.8. The lowest BCUT2D eigenvalue weighted by atomic mass is 9.71. The van der Waals surface area contributed by atoms with Crippen LogP contribution < -0.4 is 10.1 Å². The highest BCUT2D eigenvalue weighted by Gasteiger charge is 2.42. The number of anilines is 1. The van der Waals surface area contributed by atoms with Gasteiger partial charge in [-0.3, -0.25) is 0 Å². The molecule has 0 aliphatic carbocycles. The summed E-state index contributed by atoms with van der Waals surface area (Å²) < 4.78 is 5.20. The summed E-state index contributed by atoms with van der Waals surface area (Å²) in [6, 6.07) is 17.5. The molecular formula is C26H30N2O2S. The summed E-state index contributed by atoms with van der Waals surface area (Å²) in [4.78, 5) is 2.16. The second kappa shape index (κ2) is 10.4. The third-order valence-corrected chi connectivity index (χ3v) is 6.25. The highest BCUT2D eigenvalue weighted by atomic mass is 32.1. The minimum absolute atomic E-state index is 0.0409. The maximum atomic E-state index is 11.9. The molecule has 2 aromatic carbocycles. The third-order valence-electron chi connectivity index (χ3n) is 5.89. The van der Waals surface area contributed by atoms with Gasteiger partial charge in [0.25, 0.3) is 0 Å². The fourth-order valence-corrected chi connectivity index (χ4v) is 4.49. The van der Waals surface area contributed by atoms with Gasteiger partial charge in [0, 0.05) is 18.8 Å². The number of nitrogens with zero attached hydrogens (tertiary/aromatic N) is 1. The Morgan fingerprint density at radius 3 is 2.32 bits per heavy atom. The average molecular weight is 435 g/mol. The molecule has 0 bridgehead atoms. The van der Waals surface area contributed by atoms with Gasteiger partial charge < -0.3 is 20.1 Å². The Morgan fingerprint density at radius 1 is 1.13 bits per heavy atom. The molecule has 0 amide bonds. The van der Waals surface area contributed by atoms with E-state index in [2.05, 4.69) is 23.4 Å². The minimum atomic E-state index is -1.12. The molecule has 4 nitrogen and oxygen atoms in total. The van der Waals surface area contributed by atoms with Crippen LogP contribution in [0.5, 0.6) is 5.75 Å². The number of allylic oxidation sites excluding steroid dienone is 2. The predicted molar refractivity (Wildman–Crippen MR) is 132 cm³/mol. The van der Waals surface area contributed by atoms with E-state index in [4.69, 9.17) is 17.0 Å². The van der Waals surface area contributed by atoms with Crippen molar-refractivity contribution in [3.8, 4) is 5.75 Å². The Hall–Kier alpha value is -2.89. The molecule has 1 saturated heterocycles. The summed E-state index contributed by atoms with van der Waals surface area (Å²) in [5.41, 5.74) is 1.46. The molecule has 1 atom stereocenters. The predicted octanol–water partition coefficient (Wildman–Crippen LogP) is 5.29. The van der Waals surface area contributed by atoms with Gasteiger partial charge in [0.1, 0.15) is 11.4 Å². The minimum Gasteiger partial charge on any atom is -0.497 e. The second-order valence-corrected chi connectivity index (χ2v) is 8.00. The van der Waals surface area contributed by atoms with Gasteiger partial charge in [0.05, 0.1) is 7.11 Å². The lowest BCUT2D eigenvalue weighted by molar-refractivity contribution is -0.00690. The quantitative estimate of drug-likeness (QED) is 0.458. The van der Waals surface area contributed by atoms with Gasteiger partial charge in [-0.2, -0.15) is 0 Å². The van der Waals surface area contributed by atoms with Crippen LogP contribution >= 0.6 is 12.2 Å². The Bertz CT molecular complexity index is 932. The molecule has 31 heavy (non-hydrogen) atoms. The zero-order chi connectivity index (χ0) is 22.3. The molecule has 1 aliphatic rings. The largest absolute Gasteiger partial charge is 0.497 e. The highest BCUT2D eigenvalue weighted by molar-refractivity contribution is 7.80. The van der Waals surface area contributed by atoms with E-state index >= 15 is 0 Å². The molecule has 1 aliphatic heterocycles. The molecule has 2 aromatic rings. The molecule has 5 heteroatoms. The molecule has 2 N–H and O–H groups in total. The van der Waals surface area contributed by atoms with Crippen molar-refractivity contribution in [2.45, 2.75) is 18.4 Å². The fraction of sp³-hybridized carbons (Fsp3) is 0.269. The van der Waals surface area contributed by atoms with E-state index in [0.717, 1.165) is 48.5 Å². The van der Waals surface area contributed by atoms with Crippen molar-refractivity contribution in [2.24, 2.45) is 5.92 Å². The van der Waals surface area contributed by atoms with Gasteiger partial charge in [-0.1, -0.05) is 61.7 Å². The first-order valence-electron chi connectivity index (χ1n) is 10.5. The Morgan fingerprint density at radius 2 is 1.77 bits per heavy atom. The molecule has 0 spiro atoms. The Kier molecular flexibility index (Phi) is 7.66. The topological polar surface area (TPSA) is 44.7 Å². The van der Waals surface area contributed by atoms with E-state index in [1.807, 2.05) is 60.7 Å². The Balaban J connectivity index is 1.73. The first-order chi connectivity index (χ1) is 15.0. The molecule has 3 rings (SSSR count). The molecule has 162 valence electrons. The number of likely N-dealkylation sites (tertiary alicyclic amines) is 1. The molecule has 0 saturated carbocycles. The first kappa shape index (κ1) is 22.8. The van der Waals surface area contributed by atoms with Crippen molar-refractivity contribution in [1.82, 2.24) is 4.90 Å². The fourth-order valence-electron chi connectivity index (χ4n) is 4.19. The summed E-state index contributed by atoms with van der Waals surface area (Å²) in [7, 11) is 1.65. The number of hydrogen-bond acceptors (Lipinski definition) is 3. The van der Waals surface area contributed by atoms with Gasteiger partial charge in [0.15, 0.2) is 5.11 Å². The van der Waals surface area contributed by atoms with Crippen molar-refractivity contribution in [1.29, 1.82) is 0 Å². The standard InChI is InChI=1S/C26H30N2O2S/c1-4-9-20(5-2)26(29,21-10-7-6-8-11-21)22-16-18-28(19-17-22)25(31)27-23-12-14-24(30-3)15-13-23/h4-15,22,29H,1-2,16-19H2,3H3,(H,27,31)/b20-9+.